The molecule has 2 saturated heterocycles. The minimum Gasteiger partial charge on any atom is -0.393 e. The molecule has 0 aromatic carbocycles. The van der Waals surface area contributed by atoms with E-state index in [0.29, 0.717) is 17.8 Å². The highest BCUT2D eigenvalue weighted by Crippen LogP contribution is 2.74. The quantitative estimate of drug-likeness (QED) is 0.541. The van der Waals surface area contributed by atoms with Gasteiger partial charge < -0.3 is 19.3 Å². The molecule has 3 saturated carbocycles. The van der Waals surface area contributed by atoms with Crippen LogP contribution in [-0.2, 0) is 14.2 Å². The Morgan fingerprint density at radius 3 is 2.76 bits per heavy atom. The van der Waals surface area contributed by atoms with E-state index in [2.05, 4.69) is 19.9 Å². The van der Waals surface area contributed by atoms with Crippen molar-refractivity contribution in [3.8, 4) is 0 Å². The molecule has 25 heavy (non-hydrogen) atoms. The van der Waals surface area contributed by atoms with E-state index in [1.54, 1.807) is 5.57 Å². The van der Waals surface area contributed by atoms with Crippen LogP contribution >= 0.6 is 0 Å². The van der Waals surface area contributed by atoms with E-state index in [1.165, 1.54) is 6.42 Å². The van der Waals surface area contributed by atoms with Gasteiger partial charge in [-0.2, -0.15) is 0 Å². The van der Waals surface area contributed by atoms with Crippen molar-refractivity contribution in [3.05, 3.63) is 11.6 Å². The summed E-state index contributed by atoms with van der Waals surface area (Å²) in [5.41, 5.74) is 1.55. The van der Waals surface area contributed by atoms with Gasteiger partial charge in [0.15, 0.2) is 5.79 Å². The molecule has 0 amide bonds. The number of fused-ring (bicyclic) bond motifs is 3. The van der Waals surface area contributed by atoms with Gasteiger partial charge in [-0.15, -0.1) is 0 Å². The zero-order valence-corrected chi connectivity index (χ0v) is 15.4. The minimum absolute atomic E-state index is 0.0421. The lowest BCUT2D eigenvalue weighted by Gasteiger charge is -2.52. The average molecular weight is 346 g/mol. The van der Waals surface area contributed by atoms with E-state index >= 15 is 0 Å². The van der Waals surface area contributed by atoms with E-state index in [4.69, 9.17) is 14.2 Å². The molecule has 7 atom stereocenters. The van der Waals surface area contributed by atoms with Gasteiger partial charge in [0.1, 0.15) is 11.2 Å². The zero-order chi connectivity index (χ0) is 17.1. The van der Waals surface area contributed by atoms with Gasteiger partial charge in [-0.25, -0.2) is 0 Å². The van der Waals surface area contributed by atoms with Crippen LogP contribution in [0.25, 0.3) is 0 Å². The maximum Gasteiger partial charge on any atom is 0.171 e. The van der Waals surface area contributed by atoms with Crippen molar-refractivity contribution in [2.45, 2.75) is 81.9 Å². The van der Waals surface area contributed by atoms with Crippen molar-refractivity contribution in [2.24, 2.45) is 23.2 Å². The average Bonchev–Trinajstić information content (AvgIpc) is 2.84. The summed E-state index contributed by atoms with van der Waals surface area (Å²) in [4.78, 5) is 0. The predicted molar refractivity (Wildman–Crippen MR) is 91.8 cm³/mol. The molecule has 6 rings (SSSR count). The van der Waals surface area contributed by atoms with Crippen molar-refractivity contribution < 1.29 is 19.3 Å². The summed E-state index contributed by atoms with van der Waals surface area (Å²) in [5, 5.41) is 10.6. The highest BCUT2D eigenvalue weighted by Gasteiger charge is 2.80. The van der Waals surface area contributed by atoms with Crippen LogP contribution in [0.4, 0.5) is 0 Å². The van der Waals surface area contributed by atoms with Crippen LogP contribution in [0, 0.1) is 23.2 Å². The standard InChI is InChI=1S/C21H30O4/c1-13-11-19-12-20(23-9-10-24-20)7-8-21(19,25-19)15-5-6-18(2)14(17(13)15)3-4-16(18)22/h5,13-14,16-17,22H,3-4,6-12H2,1-2H3/t13-,14-,16-,17-,18-,19+,21+/m0/s1. The lowest BCUT2D eigenvalue weighted by Crippen LogP contribution is -2.54. The molecule has 0 radical (unpaired) electrons. The first-order valence-corrected chi connectivity index (χ1v) is 10.3. The first-order valence-electron chi connectivity index (χ1n) is 10.3. The third kappa shape index (κ3) is 1.69. The maximum atomic E-state index is 10.6. The van der Waals surface area contributed by atoms with Gasteiger partial charge in [0, 0.05) is 18.3 Å². The maximum absolute atomic E-state index is 10.6. The summed E-state index contributed by atoms with van der Waals surface area (Å²) < 4.78 is 18.7. The Hall–Kier alpha value is -0.420. The first kappa shape index (κ1) is 15.6. The molecule has 0 aromatic heterocycles. The largest absolute Gasteiger partial charge is 0.393 e. The van der Waals surface area contributed by atoms with E-state index in [-0.39, 0.29) is 28.5 Å². The molecular weight excluding hydrogens is 316 g/mol. The number of aliphatic hydroxyl groups excluding tert-OH is 1. The molecule has 2 heterocycles. The zero-order valence-electron chi connectivity index (χ0n) is 15.4. The summed E-state index contributed by atoms with van der Waals surface area (Å²) in [6, 6.07) is 0. The summed E-state index contributed by atoms with van der Waals surface area (Å²) in [7, 11) is 0. The summed E-state index contributed by atoms with van der Waals surface area (Å²) >= 11 is 0. The number of hydrogen-bond donors (Lipinski definition) is 1. The predicted octanol–water partition coefficient (Wildman–Crippen LogP) is 3.18. The number of hydrogen-bond acceptors (Lipinski definition) is 4. The van der Waals surface area contributed by atoms with Gasteiger partial charge >= 0.3 is 0 Å². The van der Waals surface area contributed by atoms with Crippen LogP contribution in [0.2, 0.25) is 0 Å². The Bertz CT molecular complexity index is 652. The number of epoxide rings is 1. The molecule has 4 nitrogen and oxygen atoms in total. The number of rotatable bonds is 0. The monoisotopic (exact) mass is 346 g/mol. The second-order valence-corrected chi connectivity index (χ2v) is 9.98. The van der Waals surface area contributed by atoms with Crippen LogP contribution < -0.4 is 0 Å². The van der Waals surface area contributed by atoms with Crippen LogP contribution in [0.1, 0.15) is 58.8 Å². The number of allylic oxidation sites excluding steroid dienone is 1. The van der Waals surface area contributed by atoms with Gasteiger partial charge in [-0.3, -0.25) is 0 Å². The molecule has 4 heteroatoms. The Morgan fingerprint density at radius 1 is 1.16 bits per heavy atom. The molecule has 138 valence electrons. The van der Waals surface area contributed by atoms with E-state index in [9.17, 15) is 5.11 Å². The molecule has 0 bridgehead atoms. The van der Waals surface area contributed by atoms with E-state index in [0.717, 1.165) is 51.7 Å². The Kier molecular flexibility index (Phi) is 2.82. The Balaban J connectivity index is 1.39. The lowest BCUT2D eigenvalue weighted by atomic mass is 9.51. The molecule has 0 aromatic rings. The minimum atomic E-state index is -0.375. The van der Waals surface area contributed by atoms with Crippen molar-refractivity contribution in [2.75, 3.05) is 13.2 Å². The van der Waals surface area contributed by atoms with Gasteiger partial charge in [-0.1, -0.05) is 19.9 Å². The number of aliphatic hydroxyl groups is 1. The molecule has 5 fully saturated rings. The SMILES string of the molecule is C[C@H]1C[C@@]23CC4(CC[C@@]2(O3)C2=CC[C@]3(C)[C@@H](O)CC[C@H]3[C@@H]21)OCCO4. The topological polar surface area (TPSA) is 51.2 Å². The van der Waals surface area contributed by atoms with Crippen molar-refractivity contribution in [1.82, 2.24) is 0 Å². The highest BCUT2D eigenvalue weighted by molar-refractivity contribution is 5.43. The third-order valence-corrected chi connectivity index (χ3v) is 8.94. The molecule has 6 aliphatic rings. The normalized spacial score (nSPS) is 58.1. The molecule has 1 spiro atoms. The summed E-state index contributed by atoms with van der Waals surface area (Å²) in [6.45, 7) is 6.18. The van der Waals surface area contributed by atoms with Gasteiger partial charge in [0.25, 0.3) is 0 Å². The van der Waals surface area contributed by atoms with Crippen molar-refractivity contribution in [3.63, 3.8) is 0 Å². The smallest absolute Gasteiger partial charge is 0.171 e. The van der Waals surface area contributed by atoms with Crippen LogP contribution in [0.15, 0.2) is 11.6 Å². The van der Waals surface area contributed by atoms with Gasteiger partial charge in [0.2, 0.25) is 0 Å². The van der Waals surface area contributed by atoms with E-state index in [1.807, 2.05) is 0 Å². The van der Waals surface area contributed by atoms with Gasteiger partial charge in [-0.05, 0) is 55.4 Å². The second kappa shape index (κ2) is 4.52. The van der Waals surface area contributed by atoms with Gasteiger partial charge in [0.05, 0.1) is 19.3 Å². The highest BCUT2D eigenvalue weighted by atomic mass is 16.7. The fraction of sp³-hybridized carbons (Fsp3) is 0.905. The summed E-state index contributed by atoms with van der Waals surface area (Å²) in [6.07, 6.45) is 9.50. The second-order valence-electron chi connectivity index (χ2n) is 9.98. The van der Waals surface area contributed by atoms with E-state index < -0.39 is 0 Å². The first-order chi connectivity index (χ1) is 11.9. The molecule has 4 aliphatic carbocycles. The van der Waals surface area contributed by atoms with Crippen molar-refractivity contribution >= 4 is 0 Å². The fourth-order valence-corrected chi connectivity index (χ4v) is 7.73. The lowest BCUT2D eigenvalue weighted by molar-refractivity contribution is -0.186. The molecule has 0 unspecified atom stereocenters. The Morgan fingerprint density at radius 2 is 1.96 bits per heavy atom. The molecular formula is C21H30O4. The van der Waals surface area contributed by atoms with Crippen LogP contribution in [0.5, 0.6) is 0 Å². The third-order valence-electron chi connectivity index (χ3n) is 8.94. The van der Waals surface area contributed by atoms with Crippen LogP contribution in [0.3, 0.4) is 0 Å². The molecule has 1 N–H and O–H groups in total. The van der Waals surface area contributed by atoms with Crippen molar-refractivity contribution in [1.29, 1.82) is 0 Å². The number of ether oxygens (including phenoxy) is 3. The molecule has 2 aliphatic heterocycles. The Labute approximate surface area is 149 Å². The fourth-order valence-electron chi connectivity index (χ4n) is 7.73. The van der Waals surface area contributed by atoms with Crippen LogP contribution in [-0.4, -0.2) is 41.4 Å². The summed E-state index contributed by atoms with van der Waals surface area (Å²) in [5.74, 6) is 1.43.